The highest BCUT2D eigenvalue weighted by atomic mass is 19.4. The second kappa shape index (κ2) is 4.67. The highest BCUT2D eigenvalue weighted by molar-refractivity contribution is 5.35. The van der Waals surface area contributed by atoms with E-state index < -0.39 is 29.9 Å². The summed E-state index contributed by atoms with van der Waals surface area (Å²) in [6.45, 7) is 0. The standard InChI is InChI=1S/C8H3F6N3O/c9-7(10,11)6(8(12,13)14)18-5-4(3-15)1-2-16-17-5/h1-2,6H. The van der Waals surface area contributed by atoms with Gasteiger partial charge in [0.1, 0.15) is 11.6 Å². The molecule has 0 aromatic carbocycles. The topological polar surface area (TPSA) is 58.8 Å². The fraction of sp³-hybridized carbons (Fsp3) is 0.375. The molecule has 1 heterocycles. The molecule has 1 aromatic rings. The van der Waals surface area contributed by atoms with Crippen LogP contribution in [0.25, 0.3) is 0 Å². The first-order chi connectivity index (χ1) is 8.16. The molecule has 0 saturated carbocycles. The molecular formula is C8H3F6N3O. The first kappa shape index (κ1) is 14.0. The third kappa shape index (κ3) is 3.22. The van der Waals surface area contributed by atoms with Crippen molar-refractivity contribution in [2.24, 2.45) is 0 Å². The van der Waals surface area contributed by atoms with Crippen molar-refractivity contribution in [3.63, 3.8) is 0 Å². The second-order valence-electron chi connectivity index (χ2n) is 2.94. The predicted molar refractivity (Wildman–Crippen MR) is 43.3 cm³/mol. The average molecular weight is 271 g/mol. The fourth-order valence-corrected chi connectivity index (χ4v) is 0.922. The van der Waals surface area contributed by atoms with Crippen molar-refractivity contribution < 1.29 is 31.1 Å². The first-order valence-corrected chi connectivity index (χ1v) is 4.18. The number of ether oxygens (including phenoxy) is 1. The molecule has 0 unspecified atom stereocenters. The summed E-state index contributed by atoms with van der Waals surface area (Å²) in [4.78, 5) is 0. The lowest BCUT2D eigenvalue weighted by Crippen LogP contribution is -2.46. The summed E-state index contributed by atoms with van der Waals surface area (Å²) >= 11 is 0. The lowest BCUT2D eigenvalue weighted by molar-refractivity contribution is -0.300. The second-order valence-corrected chi connectivity index (χ2v) is 2.94. The summed E-state index contributed by atoms with van der Waals surface area (Å²) in [6.07, 6.45) is -14.5. The molecule has 0 N–H and O–H groups in total. The SMILES string of the molecule is N#Cc1ccnnc1OC(C(F)(F)F)C(F)(F)F. The number of aromatic nitrogens is 2. The third-order valence-corrected chi connectivity index (χ3v) is 1.63. The molecule has 0 spiro atoms. The maximum Gasteiger partial charge on any atom is 0.434 e. The van der Waals surface area contributed by atoms with E-state index >= 15 is 0 Å². The molecule has 0 fully saturated rings. The summed E-state index contributed by atoms with van der Waals surface area (Å²) in [5, 5.41) is 14.4. The first-order valence-electron chi connectivity index (χ1n) is 4.18. The molecule has 1 aromatic heterocycles. The monoisotopic (exact) mass is 271 g/mol. The summed E-state index contributed by atoms with van der Waals surface area (Å²) in [5.74, 6) is -1.13. The normalized spacial score (nSPS) is 12.3. The third-order valence-electron chi connectivity index (χ3n) is 1.63. The van der Waals surface area contributed by atoms with Gasteiger partial charge in [-0.1, -0.05) is 0 Å². The number of hydrogen-bond donors (Lipinski definition) is 0. The van der Waals surface area contributed by atoms with Gasteiger partial charge in [-0.15, -0.1) is 5.10 Å². The van der Waals surface area contributed by atoms with Crippen LogP contribution in [-0.2, 0) is 0 Å². The van der Waals surface area contributed by atoms with E-state index in [2.05, 4.69) is 14.9 Å². The highest BCUT2D eigenvalue weighted by Crippen LogP contribution is 2.36. The zero-order chi connectivity index (χ0) is 14.0. The van der Waals surface area contributed by atoms with Crippen LogP contribution in [0.2, 0.25) is 0 Å². The molecule has 0 aliphatic carbocycles. The van der Waals surface area contributed by atoms with Crippen LogP contribution in [0.15, 0.2) is 12.3 Å². The van der Waals surface area contributed by atoms with Crippen LogP contribution < -0.4 is 4.74 Å². The molecule has 0 bridgehead atoms. The number of hydrogen-bond acceptors (Lipinski definition) is 4. The molecule has 0 aliphatic heterocycles. The molecule has 0 saturated heterocycles. The van der Waals surface area contributed by atoms with Crippen molar-refractivity contribution in [1.82, 2.24) is 10.2 Å². The van der Waals surface area contributed by atoms with E-state index in [1.165, 1.54) is 6.07 Å². The van der Waals surface area contributed by atoms with Crippen molar-refractivity contribution in [3.8, 4) is 11.9 Å². The van der Waals surface area contributed by atoms with Crippen LogP contribution in [-0.4, -0.2) is 28.7 Å². The Morgan fingerprint density at radius 2 is 1.72 bits per heavy atom. The molecule has 18 heavy (non-hydrogen) atoms. The van der Waals surface area contributed by atoms with Crippen LogP contribution in [0.1, 0.15) is 5.56 Å². The van der Waals surface area contributed by atoms with Crippen molar-refractivity contribution >= 4 is 0 Å². The van der Waals surface area contributed by atoms with Crippen LogP contribution in [0.4, 0.5) is 26.3 Å². The number of halogens is 6. The Morgan fingerprint density at radius 3 is 2.17 bits per heavy atom. The average Bonchev–Trinajstić information content (AvgIpc) is 2.23. The van der Waals surface area contributed by atoms with Gasteiger partial charge < -0.3 is 4.74 Å². The van der Waals surface area contributed by atoms with E-state index in [1.54, 1.807) is 0 Å². The van der Waals surface area contributed by atoms with Crippen LogP contribution >= 0.6 is 0 Å². The molecule has 0 aliphatic rings. The molecule has 0 atom stereocenters. The Labute approximate surface area is 95.8 Å². The summed E-state index contributed by atoms with van der Waals surface area (Å²) in [5.41, 5.74) is -0.580. The van der Waals surface area contributed by atoms with Crippen molar-refractivity contribution in [2.45, 2.75) is 18.5 Å². The minimum absolute atomic E-state index is 0.580. The Hall–Kier alpha value is -2.05. The van der Waals surface area contributed by atoms with Crippen molar-refractivity contribution in [3.05, 3.63) is 17.8 Å². The number of rotatable bonds is 2. The molecular weight excluding hydrogens is 268 g/mol. The summed E-state index contributed by atoms with van der Waals surface area (Å²) in [7, 11) is 0. The van der Waals surface area contributed by atoms with Crippen LogP contribution in [0.3, 0.4) is 0 Å². The Balaban J connectivity index is 3.10. The lowest BCUT2D eigenvalue weighted by atomic mass is 10.3. The molecule has 4 nitrogen and oxygen atoms in total. The molecule has 10 heteroatoms. The lowest BCUT2D eigenvalue weighted by Gasteiger charge is -2.23. The van der Waals surface area contributed by atoms with Gasteiger partial charge in [0.2, 0.25) is 0 Å². The Kier molecular flexibility index (Phi) is 3.64. The highest BCUT2D eigenvalue weighted by Gasteiger charge is 2.59. The van der Waals surface area contributed by atoms with E-state index in [-0.39, 0.29) is 0 Å². The van der Waals surface area contributed by atoms with Gasteiger partial charge in [-0.3, -0.25) is 0 Å². The number of nitrogens with zero attached hydrogens (tertiary/aromatic N) is 3. The number of alkyl halides is 6. The van der Waals surface area contributed by atoms with Gasteiger partial charge in [-0.25, -0.2) is 0 Å². The minimum atomic E-state index is -5.68. The van der Waals surface area contributed by atoms with Gasteiger partial charge in [-0.2, -0.15) is 36.7 Å². The largest absolute Gasteiger partial charge is 0.453 e. The maximum atomic E-state index is 12.2. The van der Waals surface area contributed by atoms with Gasteiger partial charge in [-0.05, 0) is 6.07 Å². The number of nitriles is 1. The van der Waals surface area contributed by atoms with E-state index in [1.807, 2.05) is 0 Å². The van der Waals surface area contributed by atoms with Gasteiger partial charge in [0.15, 0.2) is 0 Å². The fourth-order valence-electron chi connectivity index (χ4n) is 0.922. The molecule has 0 radical (unpaired) electrons. The van der Waals surface area contributed by atoms with E-state index in [4.69, 9.17) is 5.26 Å². The van der Waals surface area contributed by atoms with Gasteiger partial charge in [0.05, 0.1) is 6.20 Å². The van der Waals surface area contributed by atoms with Gasteiger partial charge in [0.25, 0.3) is 12.0 Å². The maximum absolute atomic E-state index is 12.2. The van der Waals surface area contributed by atoms with E-state index in [0.29, 0.717) is 0 Å². The molecule has 0 amide bonds. The van der Waals surface area contributed by atoms with Crippen LogP contribution in [0.5, 0.6) is 5.88 Å². The summed E-state index contributed by atoms with van der Waals surface area (Å²) in [6, 6.07) is 2.22. The van der Waals surface area contributed by atoms with Gasteiger partial charge >= 0.3 is 12.4 Å². The smallest absolute Gasteiger partial charge is 0.434 e. The summed E-state index contributed by atoms with van der Waals surface area (Å²) < 4.78 is 76.7. The van der Waals surface area contributed by atoms with Gasteiger partial charge in [0, 0.05) is 0 Å². The van der Waals surface area contributed by atoms with Crippen molar-refractivity contribution in [1.29, 1.82) is 5.26 Å². The van der Waals surface area contributed by atoms with Crippen LogP contribution in [0, 0.1) is 11.3 Å². The zero-order valence-corrected chi connectivity index (χ0v) is 8.25. The Bertz CT molecular complexity index is 449. The van der Waals surface area contributed by atoms with E-state index in [9.17, 15) is 26.3 Å². The predicted octanol–water partition coefficient (Wildman–Crippen LogP) is 2.22. The molecule has 1 rings (SSSR count). The quantitative estimate of drug-likeness (QED) is 0.774. The zero-order valence-electron chi connectivity index (χ0n) is 8.25. The molecule has 98 valence electrons. The Morgan fingerprint density at radius 1 is 1.17 bits per heavy atom. The minimum Gasteiger partial charge on any atom is -0.453 e. The van der Waals surface area contributed by atoms with Crippen molar-refractivity contribution in [2.75, 3.05) is 0 Å². The van der Waals surface area contributed by atoms with E-state index in [0.717, 1.165) is 12.3 Å².